The van der Waals surface area contributed by atoms with Crippen molar-refractivity contribution in [3.05, 3.63) is 35.6 Å². The molecule has 0 saturated heterocycles. The minimum absolute atomic E-state index is 0.0965. The molecule has 0 spiro atoms. The van der Waals surface area contributed by atoms with Gasteiger partial charge in [-0.3, -0.25) is 4.79 Å². The van der Waals surface area contributed by atoms with E-state index in [1.807, 2.05) is 6.07 Å². The number of rotatable bonds is 6. The molecule has 3 nitrogen and oxygen atoms in total. The first-order valence-corrected chi connectivity index (χ1v) is 5.98. The smallest absolute Gasteiger partial charge is 0.221 e. The number of carbonyl (C=O) groups is 1. The fraction of sp³-hybridized carbons (Fsp3) is 0.462. The summed E-state index contributed by atoms with van der Waals surface area (Å²) in [6, 6.07) is 6.89. The van der Waals surface area contributed by atoms with E-state index in [-0.39, 0.29) is 11.7 Å². The SMILES string of the molecule is O=C(CCNCc1cccc(F)c1)NC1CC1. The van der Waals surface area contributed by atoms with Crippen LogP contribution in [0.5, 0.6) is 0 Å². The van der Waals surface area contributed by atoms with E-state index in [1.54, 1.807) is 6.07 Å². The second-order valence-electron chi connectivity index (χ2n) is 4.40. The zero-order valence-electron chi connectivity index (χ0n) is 9.71. The largest absolute Gasteiger partial charge is 0.353 e. The standard InChI is InChI=1S/C13H17FN2O/c14-11-3-1-2-10(8-11)9-15-7-6-13(17)16-12-4-5-12/h1-3,8,12,15H,4-7,9H2,(H,16,17). The molecule has 17 heavy (non-hydrogen) atoms. The molecule has 0 bridgehead atoms. The summed E-state index contributed by atoms with van der Waals surface area (Å²) < 4.78 is 12.9. The number of amides is 1. The second kappa shape index (κ2) is 5.77. The zero-order chi connectivity index (χ0) is 12.1. The van der Waals surface area contributed by atoms with Crippen LogP contribution in [-0.2, 0) is 11.3 Å². The third-order valence-electron chi connectivity index (χ3n) is 2.69. The lowest BCUT2D eigenvalue weighted by atomic mass is 10.2. The molecule has 1 aliphatic carbocycles. The van der Waals surface area contributed by atoms with E-state index in [4.69, 9.17) is 0 Å². The molecule has 1 saturated carbocycles. The van der Waals surface area contributed by atoms with Crippen molar-refractivity contribution < 1.29 is 9.18 Å². The van der Waals surface area contributed by atoms with Crippen LogP contribution >= 0.6 is 0 Å². The van der Waals surface area contributed by atoms with Crippen LogP contribution in [0.2, 0.25) is 0 Å². The maximum atomic E-state index is 12.9. The normalized spacial score (nSPS) is 14.6. The number of hydrogen-bond donors (Lipinski definition) is 2. The molecule has 1 aromatic rings. The number of benzene rings is 1. The van der Waals surface area contributed by atoms with Crippen LogP contribution in [0.15, 0.2) is 24.3 Å². The fourth-order valence-electron chi connectivity index (χ4n) is 1.61. The van der Waals surface area contributed by atoms with Crippen LogP contribution in [-0.4, -0.2) is 18.5 Å². The molecule has 92 valence electrons. The first-order valence-electron chi connectivity index (χ1n) is 5.98. The molecule has 4 heteroatoms. The van der Waals surface area contributed by atoms with Crippen LogP contribution in [0, 0.1) is 5.82 Å². The Bertz CT molecular complexity index is 391. The fourth-order valence-corrected chi connectivity index (χ4v) is 1.61. The van der Waals surface area contributed by atoms with Crippen molar-refractivity contribution in [2.75, 3.05) is 6.54 Å². The third kappa shape index (κ3) is 4.53. The lowest BCUT2D eigenvalue weighted by Crippen LogP contribution is -2.29. The highest BCUT2D eigenvalue weighted by Crippen LogP contribution is 2.18. The average molecular weight is 236 g/mol. The molecule has 0 aromatic heterocycles. The number of nitrogens with one attached hydrogen (secondary N) is 2. The summed E-state index contributed by atoms with van der Waals surface area (Å²) in [5, 5.41) is 6.05. The van der Waals surface area contributed by atoms with Crippen molar-refractivity contribution in [2.45, 2.75) is 31.8 Å². The Morgan fingerprint density at radius 2 is 2.24 bits per heavy atom. The lowest BCUT2D eigenvalue weighted by Gasteiger charge is -2.05. The number of carbonyl (C=O) groups excluding carboxylic acids is 1. The van der Waals surface area contributed by atoms with Gasteiger partial charge in [0, 0.05) is 25.6 Å². The molecular weight excluding hydrogens is 219 g/mol. The van der Waals surface area contributed by atoms with E-state index in [1.165, 1.54) is 12.1 Å². The van der Waals surface area contributed by atoms with Crippen molar-refractivity contribution >= 4 is 5.91 Å². The van der Waals surface area contributed by atoms with Crippen molar-refractivity contribution in [1.82, 2.24) is 10.6 Å². The van der Waals surface area contributed by atoms with Gasteiger partial charge in [0.05, 0.1) is 0 Å². The van der Waals surface area contributed by atoms with Gasteiger partial charge in [-0.2, -0.15) is 0 Å². The van der Waals surface area contributed by atoms with Gasteiger partial charge in [-0.1, -0.05) is 12.1 Å². The summed E-state index contributed by atoms with van der Waals surface area (Å²) >= 11 is 0. The Balaban J connectivity index is 1.60. The molecule has 1 amide bonds. The summed E-state index contributed by atoms with van der Waals surface area (Å²) in [6.07, 6.45) is 2.71. The second-order valence-corrected chi connectivity index (χ2v) is 4.40. The monoisotopic (exact) mass is 236 g/mol. The zero-order valence-corrected chi connectivity index (χ0v) is 9.71. The van der Waals surface area contributed by atoms with Gasteiger partial charge in [0.25, 0.3) is 0 Å². The first-order chi connectivity index (χ1) is 8.24. The average Bonchev–Trinajstić information content (AvgIpc) is 3.08. The maximum absolute atomic E-state index is 12.9. The van der Waals surface area contributed by atoms with Gasteiger partial charge in [-0.15, -0.1) is 0 Å². The summed E-state index contributed by atoms with van der Waals surface area (Å²) in [4.78, 5) is 11.3. The Morgan fingerprint density at radius 1 is 1.41 bits per heavy atom. The molecule has 1 aromatic carbocycles. The highest BCUT2D eigenvalue weighted by atomic mass is 19.1. The summed E-state index contributed by atoms with van der Waals surface area (Å²) in [5.41, 5.74) is 0.896. The van der Waals surface area contributed by atoms with Gasteiger partial charge in [0.15, 0.2) is 0 Å². The predicted octanol–water partition coefficient (Wildman–Crippen LogP) is 1.58. The summed E-state index contributed by atoms with van der Waals surface area (Å²) in [6.45, 7) is 1.21. The van der Waals surface area contributed by atoms with E-state index in [0.717, 1.165) is 18.4 Å². The van der Waals surface area contributed by atoms with E-state index >= 15 is 0 Å². The van der Waals surface area contributed by atoms with Gasteiger partial charge in [-0.25, -0.2) is 4.39 Å². The van der Waals surface area contributed by atoms with Gasteiger partial charge in [-0.05, 0) is 30.5 Å². The van der Waals surface area contributed by atoms with Crippen LogP contribution in [0.25, 0.3) is 0 Å². The molecule has 0 unspecified atom stereocenters. The van der Waals surface area contributed by atoms with Gasteiger partial charge in [0.2, 0.25) is 5.91 Å². The molecule has 0 atom stereocenters. The summed E-state index contributed by atoms with van der Waals surface area (Å²) in [7, 11) is 0. The van der Waals surface area contributed by atoms with Crippen LogP contribution < -0.4 is 10.6 Å². The summed E-state index contributed by atoms with van der Waals surface area (Å²) in [5.74, 6) is -0.130. The third-order valence-corrected chi connectivity index (χ3v) is 2.69. The van der Waals surface area contributed by atoms with Crippen LogP contribution in [0.4, 0.5) is 4.39 Å². The molecule has 2 rings (SSSR count). The van der Waals surface area contributed by atoms with E-state index in [2.05, 4.69) is 10.6 Å². The molecule has 0 aliphatic heterocycles. The lowest BCUT2D eigenvalue weighted by molar-refractivity contribution is -0.121. The van der Waals surface area contributed by atoms with Gasteiger partial charge < -0.3 is 10.6 Å². The van der Waals surface area contributed by atoms with E-state index in [0.29, 0.717) is 25.6 Å². The highest BCUT2D eigenvalue weighted by molar-refractivity contribution is 5.76. The van der Waals surface area contributed by atoms with Gasteiger partial charge in [0.1, 0.15) is 5.82 Å². The molecule has 0 heterocycles. The minimum Gasteiger partial charge on any atom is -0.353 e. The Kier molecular flexibility index (Phi) is 4.09. The first kappa shape index (κ1) is 12.0. The molecule has 2 N–H and O–H groups in total. The van der Waals surface area contributed by atoms with Gasteiger partial charge >= 0.3 is 0 Å². The number of halogens is 1. The Labute approximate surface area is 100 Å². The number of hydrogen-bond acceptors (Lipinski definition) is 2. The molecular formula is C13H17FN2O. The van der Waals surface area contributed by atoms with Crippen molar-refractivity contribution in [1.29, 1.82) is 0 Å². The minimum atomic E-state index is -0.226. The topological polar surface area (TPSA) is 41.1 Å². The van der Waals surface area contributed by atoms with E-state index in [9.17, 15) is 9.18 Å². The highest BCUT2D eigenvalue weighted by Gasteiger charge is 2.22. The Morgan fingerprint density at radius 3 is 2.94 bits per heavy atom. The van der Waals surface area contributed by atoms with Crippen molar-refractivity contribution in [3.8, 4) is 0 Å². The van der Waals surface area contributed by atoms with Crippen LogP contribution in [0.3, 0.4) is 0 Å². The molecule has 0 radical (unpaired) electrons. The molecule has 1 aliphatic rings. The van der Waals surface area contributed by atoms with Crippen molar-refractivity contribution in [3.63, 3.8) is 0 Å². The van der Waals surface area contributed by atoms with Crippen molar-refractivity contribution in [2.24, 2.45) is 0 Å². The quantitative estimate of drug-likeness (QED) is 0.736. The van der Waals surface area contributed by atoms with Crippen LogP contribution in [0.1, 0.15) is 24.8 Å². The van der Waals surface area contributed by atoms with E-state index < -0.39 is 0 Å². The maximum Gasteiger partial charge on any atom is 0.221 e. The Hall–Kier alpha value is -1.42. The predicted molar refractivity (Wildman–Crippen MR) is 63.9 cm³/mol. The molecule has 1 fully saturated rings.